The Balaban J connectivity index is 3.59. The van der Waals surface area contributed by atoms with Crippen molar-refractivity contribution in [2.24, 2.45) is 0 Å². The van der Waals surface area contributed by atoms with Crippen LogP contribution in [0.2, 0.25) is 0 Å². The normalized spacial score (nSPS) is 10.7. The van der Waals surface area contributed by atoms with Gasteiger partial charge in [-0.15, -0.1) is 0 Å². The topological polar surface area (TPSA) is 52.0 Å². The number of hydrogen-bond donors (Lipinski definition) is 2. The van der Waals surface area contributed by atoms with Gasteiger partial charge in [-0.3, -0.25) is 0 Å². The zero-order chi connectivity index (χ0) is 11.6. The highest BCUT2D eigenvalue weighted by Gasteiger charge is 2.15. The summed E-state index contributed by atoms with van der Waals surface area (Å²) in [6.45, 7) is 8.49. The Morgan fingerprint density at radius 3 is 1.33 bits per heavy atom. The predicted molar refractivity (Wildman–Crippen MR) is 68.1 cm³/mol. The fourth-order valence-electron chi connectivity index (χ4n) is 2.34. The van der Waals surface area contributed by atoms with E-state index >= 15 is 0 Å². The average molecular weight is 206 g/mol. The lowest BCUT2D eigenvalue weighted by molar-refractivity contribution is 0.982. The van der Waals surface area contributed by atoms with Crippen LogP contribution in [-0.4, -0.2) is 0 Å². The Kier molecular flexibility index (Phi) is 3.61. The molecule has 2 nitrogen and oxygen atoms in total. The second-order valence-electron chi connectivity index (χ2n) is 3.95. The van der Waals surface area contributed by atoms with Crippen molar-refractivity contribution in [2.75, 3.05) is 11.5 Å². The molecule has 15 heavy (non-hydrogen) atoms. The van der Waals surface area contributed by atoms with Gasteiger partial charge in [0.2, 0.25) is 0 Å². The smallest absolute Gasteiger partial charge is 0.0399 e. The first-order valence-electron chi connectivity index (χ1n) is 5.76. The molecule has 0 aromatic heterocycles. The number of nitrogen functional groups attached to an aromatic ring is 2. The van der Waals surface area contributed by atoms with E-state index in [0.29, 0.717) is 0 Å². The van der Waals surface area contributed by atoms with Gasteiger partial charge in [0.25, 0.3) is 0 Å². The standard InChI is InChI=1S/C13H22N2/c1-5-9-10(6-2)12(14)8(4)13(15)11(9)7-3/h5-7,14-15H2,1-4H3. The van der Waals surface area contributed by atoms with Crippen LogP contribution in [0.15, 0.2) is 0 Å². The van der Waals surface area contributed by atoms with Crippen molar-refractivity contribution in [3.63, 3.8) is 0 Å². The third-order valence-corrected chi connectivity index (χ3v) is 3.25. The van der Waals surface area contributed by atoms with Gasteiger partial charge in [-0.1, -0.05) is 20.8 Å². The van der Waals surface area contributed by atoms with Crippen LogP contribution in [0, 0.1) is 6.92 Å². The number of benzene rings is 1. The van der Waals surface area contributed by atoms with E-state index in [4.69, 9.17) is 11.5 Å². The van der Waals surface area contributed by atoms with Crippen LogP contribution in [-0.2, 0) is 19.3 Å². The van der Waals surface area contributed by atoms with Crippen LogP contribution in [0.4, 0.5) is 11.4 Å². The fraction of sp³-hybridized carbons (Fsp3) is 0.538. The van der Waals surface area contributed by atoms with Crippen LogP contribution in [0.3, 0.4) is 0 Å². The molecule has 0 fully saturated rings. The molecular formula is C13H22N2. The summed E-state index contributed by atoms with van der Waals surface area (Å²) in [5.74, 6) is 0. The summed E-state index contributed by atoms with van der Waals surface area (Å²) >= 11 is 0. The van der Waals surface area contributed by atoms with Crippen molar-refractivity contribution in [3.05, 3.63) is 22.3 Å². The highest BCUT2D eigenvalue weighted by Crippen LogP contribution is 2.32. The molecule has 0 spiro atoms. The molecule has 0 bridgehead atoms. The maximum atomic E-state index is 6.11. The molecule has 0 amide bonds. The van der Waals surface area contributed by atoms with E-state index in [1.54, 1.807) is 0 Å². The quantitative estimate of drug-likeness (QED) is 0.747. The van der Waals surface area contributed by atoms with Crippen LogP contribution in [0.25, 0.3) is 0 Å². The maximum Gasteiger partial charge on any atom is 0.0399 e. The fourth-order valence-corrected chi connectivity index (χ4v) is 2.34. The first-order valence-corrected chi connectivity index (χ1v) is 5.76. The molecule has 0 unspecified atom stereocenters. The SMILES string of the molecule is CCc1c(N)c(C)c(N)c(CC)c1CC. The van der Waals surface area contributed by atoms with Gasteiger partial charge in [-0.25, -0.2) is 0 Å². The van der Waals surface area contributed by atoms with Crippen molar-refractivity contribution < 1.29 is 0 Å². The third kappa shape index (κ3) is 1.81. The van der Waals surface area contributed by atoms with E-state index in [1.165, 1.54) is 16.7 Å². The lowest BCUT2D eigenvalue weighted by Gasteiger charge is -2.19. The van der Waals surface area contributed by atoms with Crippen LogP contribution < -0.4 is 11.5 Å². The van der Waals surface area contributed by atoms with Gasteiger partial charge in [0.1, 0.15) is 0 Å². The van der Waals surface area contributed by atoms with Crippen molar-refractivity contribution in [3.8, 4) is 0 Å². The third-order valence-electron chi connectivity index (χ3n) is 3.25. The Morgan fingerprint density at radius 2 is 1.07 bits per heavy atom. The van der Waals surface area contributed by atoms with Gasteiger partial charge in [-0.2, -0.15) is 0 Å². The van der Waals surface area contributed by atoms with E-state index < -0.39 is 0 Å². The molecule has 1 aromatic rings. The lowest BCUT2D eigenvalue weighted by Crippen LogP contribution is -2.09. The molecule has 0 heterocycles. The predicted octanol–water partition coefficient (Wildman–Crippen LogP) is 2.85. The summed E-state index contributed by atoms with van der Waals surface area (Å²) in [7, 11) is 0. The summed E-state index contributed by atoms with van der Waals surface area (Å²) in [6, 6.07) is 0. The zero-order valence-electron chi connectivity index (χ0n) is 10.3. The molecule has 4 N–H and O–H groups in total. The van der Waals surface area contributed by atoms with E-state index in [9.17, 15) is 0 Å². The van der Waals surface area contributed by atoms with E-state index in [1.807, 2.05) is 6.92 Å². The zero-order valence-corrected chi connectivity index (χ0v) is 10.3. The van der Waals surface area contributed by atoms with Gasteiger partial charge in [0, 0.05) is 11.4 Å². The highest BCUT2D eigenvalue weighted by atomic mass is 14.6. The number of rotatable bonds is 3. The molecule has 0 saturated carbocycles. The second kappa shape index (κ2) is 4.56. The molecule has 0 aliphatic heterocycles. The highest BCUT2D eigenvalue weighted by molar-refractivity contribution is 5.71. The second-order valence-corrected chi connectivity index (χ2v) is 3.95. The van der Waals surface area contributed by atoms with Crippen molar-refractivity contribution in [1.82, 2.24) is 0 Å². The lowest BCUT2D eigenvalue weighted by atomic mass is 9.89. The minimum absolute atomic E-state index is 0.893. The number of anilines is 2. The van der Waals surface area contributed by atoms with Gasteiger partial charge >= 0.3 is 0 Å². The Hall–Kier alpha value is -1.18. The first kappa shape index (κ1) is 11.9. The molecular weight excluding hydrogens is 184 g/mol. The Labute approximate surface area is 92.7 Å². The molecule has 1 rings (SSSR count). The van der Waals surface area contributed by atoms with Crippen LogP contribution in [0.5, 0.6) is 0 Å². The average Bonchev–Trinajstić information content (AvgIpc) is 2.25. The number of hydrogen-bond acceptors (Lipinski definition) is 2. The summed E-state index contributed by atoms with van der Waals surface area (Å²) in [6.07, 6.45) is 2.99. The molecule has 0 radical (unpaired) electrons. The maximum absolute atomic E-state index is 6.11. The summed E-state index contributed by atoms with van der Waals surface area (Å²) < 4.78 is 0. The van der Waals surface area contributed by atoms with Crippen LogP contribution >= 0.6 is 0 Å². The largest absolute Gasteiger partial charge is 0.398 e. The van der Waals surface area contributed by atoms with Gasteiger partial charge in [0.15, 0.2) is 0 Å². The van der Waals surface area contributed by atoms with Crippen molar-refractivity contribution >= 4 is 11.4 Å². The summed E-state index contributed by atoms with van der Waals surface area (Å²) in [5, 5.41) is 0. The minimum atomic E-state index is 0.893. The minimum Gasteiger partial charge on any atom is -0.398 e. The van der Waals surface area contributed by atoms with Gasteiger partial charge in [0.05, 0.1) is 0 Å². The molecule has 84 valence electrons. The molecule has 0 atom stereocenters. The van der Waals surface area contributed by atoms with Crippen LogP contribution in [0.1, 0.15) is 43.0 Å². The molecule has 0 aliphatic carbocycles. The number of nitrogens with two attached hydrogens (primary N) is 2. The van der Waals surface area contributed by atoms with Crippen molar-refractivity contribution in [2.45, 2.75) is 47.0 Å². The Morgan fingerprint density at radius 1 is 0.733 bits per heavy atom. The Bertz CT molecular complexity index is 336. The van der Waals surface area contributed by atoms with Gasteiger partial charge in [-0.05, 0) is 48.4 Å². The van der Waals surface area contributed by atoms with E-state index in [0.717, 1.165) is 36.2 Å². The summed E-state index contributed by atoms with van der Waals surface area (Å²) in [4.78, 5) is 0. The van der Waals surface area contributed by atoms with E-state index in [2.05, 4.69) is 20.8 Å². The molecule has 2 heteroatoms. The van der Waals surface area contributed by atoms with Gasteiger partial charge < -0.3 is 11.5 Å². The monoisotopic (exact) mass is 206 g/mol. The van der Waals surface area contributed by atoms with Crippen molar-refractivity contribution in [1.29, 1.82) is 0 Å². The molecule has 0 aliphatic rings. The first-order chi connectivity index (χ1) is 7.08. The molecule has 0 saturated heterocycles. The van der Waals surface area contributed by atoms with E-state index in [-0.39, 0.29) is 0 Å². The summed E-state index contributed by atoms with van der Waals surface area (Å²) in [5.41, 5.74) is 19.0. The molecule has 1 aromatic carbocycles.